The van der Waals surface area contributed by atoms with Crippen LogP contribution in [0, 0.1) is 5.92 Å². The summed E-state index contributed by atoms with van der Waals surface area (Å²) >= 11 is 0. The second-order valence-electron chi connectivity index (χ2n) is 7.79. The number of aliphatic hydroxyl groups excluding tert-OH is 1. The van der Waals surface area contributed by atoms with Crippen LogP contribution in [0.5, 0.6) is 0 Å². The van der Waals surface area contributed by atoms with Gasteiger partial charge in [0, 0.05) is 18.3 Å². The lowest BCUT2D eigenvalue weighted by Crippen LogP contribution is -2.37. The summed E-state index contributed by atoms with van der Waals surface area (Å²) in [5.41, 5.74) is 6.05. The number of hydrogen-bond donors (Lipinski definition) is 4. The van der Waals surface area contributed by atoms with E-state index >= 15 is 0 Å². The first-order valence-corrected chi connectivity index (χ1v) is 9.73. The average Bonchev–Trinajstić information content (AvgIpc) is 2.63. The molecular formula is C18H28F3N5O2. The highest BCUT2D eigenvalue weighted by atomic mass is 19.4. The van der Waals surface area contributed by atoms with Gasteiger partial charge in [-0.25, -0.2) is 4.98 Å². The standard InChI is InChI=1S/C18H28F3N5O2/c1-10-2-7-14(10)25-16-13(15(22)27)8-23-17(26-16)24-11-3-5-12(6-4-11)28-9-18(19,20)21/h8,10-12,14-15,27H,2-7,9,22H2,1H3,(H2,23,24,25,26)/t10?,11-,12-,14?,15?. The van der Waals surface area contributed by atoms with E-state index in [0.717, 1.165) is 12.8 Å². The molecule has 2 aliphatic carbocycles. The third kappa shape index (κ3) is 5.68. The first-order valence-electron chi connectivity index (χ1n) is 9.73. The van der Waals surface area contributed by atoms with Crippen molar-refractivity contribution in [2.45, 2.75) is 76.0 Å². The zero-order valence-electron chi connectivity index (χ0n) is 15.9. The Balaban J connectivity index is 1.55. The fraction of sp³-hybridized carbons (Fsp3) is 0.778. The number of alkyl halides is 3. The Morgan fingerprint density at radius 3 is 2.46 bits per heavy atom. The van der Waals surface area contributed by atoms with Crippen molar-refractivity contribution in [3.8, 4) is 0 Å². The molecular weight excluding hydrogens is 375 g/mol. The van der Waals surface area contributed by atoms with E-state index in [2.05, 4.69) is 27.5 Å². The lowest BCUT2D eigenvalue weighted by atomic mass is 9.81. The van der Waals surface area contributed by atoms with E-state index < -0.39 is 19.0 Å². The second kappa shape index (κ2) is 8.79. The number of aliphatic hydroxyl groups is 1. The largest absolute Gasteiger partial charge is 0.411 e. The van der Waals surface area contributed by atoms with Gasteiger partial charge in [-0.3, -0.25) is 0 Å². The predicted octanol–water partition coefficient (Wildman–Crippen LogP) is 2.94. The fourth-order valence-corrected chi connectivity index (χ4v) is 3.62. The smallest absolute Gasteiger partial charge is 0.374 e. The number of nitrogens with two attached hydrogens (primary N) is 1. The van der Waals surface area contributed by atoms with Crippen molar-refractivity contribution in [1.29, 1.82) is 0 Å². The molecule has 158 valence electrons. The second-order valence-corrected chi connectivity index (χ2v) is 7.79. The maximum absolute atomic E-state index is 12.3. The zero-order chi connectivity index (χ0) is 20.3. The van der Waals surface area contributed by atoms with Crippen molar-refractivity contribution in [3.63, 3.8) is 0 Å². The Morgan fingerprint density at radius 1 is 1.21 bits per heavy atom. The Bertz CT molecular complexity index is 651. The van der Waals surface area contributed by atoms with E-state index in [9.17, 15) is 18.3 Å². The molecule has 1 aromatic heterocycles. The molecule has 1 aromatic rings. The number of aromatic nitrogens is 2. The maximum atomic E-state index is 12.3. The molecule has 2 aliphatic rings. The number of nitrogens with zero attached hydrogens (tertiary/aromatic N) is 2. The van der Waals surface area contributed by atoms with Crippen LogP contribution in [0.4, 0.5) is 24.9 Å². The van der Waals surface area contributed by atoms with Crippen molar-refractivity contribution >= 4 is 11.8 Å². The van der Waals surface area contributed by atoms with Gasteiger partial charge in [-0.05, 0) is 44.4 Å². The van der Waals surface area contributed by atoms with Gasteiger partial charge in [-0.15, -0.1) is 0 Å². The number of hydrogen-bond acceptors (Lipinski definition) is 7. The summed E-state index contributed by atoms with van der Waals surface area (Å²) in [6, 6.07) is 0.358. The number of anilines is 2. The molecule has 3 rings (SSSR count). The maximum Gasteiger partial charge on any atom is 0.411 e. The molecule has 0 amide bonds. The van der Waals surface area contributed by atoms with E-state index in [1.54, 1.807) is 0 Å². The van der Waals surface area contributed by atoms with Crippen molar-refractivity contribution < 1.29 is 23.0 Å². The van der Waals surface area contributed by atoms with Crippen LogP contribution in [0.25, 0.3) is 0 Å². The summed E-state index contributed by atoms with van der Waals surface area (Å²) < 4.78 is 41.7. The number of nitrogens with one attached hydrogen (secondary N) is 2. The molecule has 0 aliphatic heterocycles. The molecule has 10 heteroatoms. The van der Waals surface area contributed by atoms with Gasteiger partial charge in [-0.1, -0.05) is 6.92 Å². The van der Waals surface area contributed by atoms with Crippen LogP contribution < -0.4 is 16.4 Å². The van der Waals surface area contributed by atoms with Gasteiger partial charge >= 0.3 is 6.18 Å². The first-order chi connectivity index (χ1) is 13.2. The summed E-state index contributed by atoms with van der Waals surface area (Å²) in [5.74, 6) is 1.46. The van der Waals surface area contributed by atoms with Gasteiger partial charge in [0.2, 0.25) is 5.95 Å². The summed E-state index contributed by atoms with van der Waals surface area (Å²) in [7, 11) is 0. The highest BCUT2D eigenvalue weighted by molar-refractivity contribution is 5.49. The molecule has 3 unspecified atom stereocenters. The van der Waals surface area contributed by atoms with Crippen LogP contribution in [-0.4, -0.2) is 46.0 Å². The molecule has 0 radical (unpaired) electrons. The minimum absolute atomic E-state index is 0.0647. The highest BCUT2D eigenvalue weighted by Gasteiger charge is 2.31. The number of rotatable bonds is 7. The van der Waals surface area contributed by atoms with Gasteiger partial charge in [0.15, 0.2) is 0 Å². The Labute approximate surface area is 162 Å². The van der Waals surface area contributed by atoms with Crippen LogP contribution in [-0.2, 0) is 4.74 Å². The quantitative estimate of drug-likeness (QED) is 0.519. The Hall–Kier alpha value is -1.65. The average molecular weight is 403 g/mol. The van der Waals surface area contributed by atoms with Crippen molar-refractivity contribution in [1.82, 2.24) is 9.97 Å². The molecule has 0 bridgehead atoms. The van der Waals surface area contributed by atoms with Crippen LogP contribution in [0.3, 0.4) is 0 Å². The topological polar surface area (TPSA) is 105 Å². The minimum Gasteiger partial charge on any atom is -0.374 e. The predicted molar refractivity (Wildman–Crippen MR) is 98.7 cm³/mol. The molecule has 2 saturated carbocycles. The van der Waals surface area contributed by atoms with Gasteiger partial charge in [0.1, 0.15) is 18.7 Å². The van der Waals surface area contributed by atoms with Crippen LogP contribution in [0.2, 0.25) is 0 Å². The van der Waals surface area contributed by atoms with Crippen LogP contribution in [0.15, 0.2) is 6.20 Å². The van der Waals surface area contributed by atoms with E-state index in [-0.39, 0.29) is 12.1 Å². The lowest BCUT2D eigenvalue weighted by Gasteiger charge is -2.35. The summed E-state index contributed by atoms with van der Waals surface area (Å²) in [5, 5.41) is 16.3. The van der Waals surface area contributed by atoms with Crippen molar-refractivity contribution in [2.75, 3.05) is 17.2 Å². The van der Waals surface area contributed by atoms with Crippen LogP contribution in [0.1, 0.15) is 57.2 Å². The van der Waals surface area contributed by atoms with Crippen molar-refractivity contribution in [2.24, 2.45) is 11.7 Å². The molecule has 7 nitrogen and oxygen atoms in total. The first kappa shape index (κ1) is 21.1. The van der Waals surface area contributed by atoms with Crippen LogP contribution >= 0.6 is 0 Å². The van der Waals surface area contributed by atoms with Gasteiger partial charge in [0.05, 0.1) is 11.7 Å². The van der Waals surface area contributed by atoms with Crippen molar-refractivity contribution in [3.05, 3.63) is 11.8 Å². The third-order valence-corrected chi connectivity index (χ3v) is 5.57. The number of ether oxygens (including phenoxy) is 1. The molecule has 0 spiro atoms. The molecule has 5 N–H and O–H groups in total. The summed E-state index contributed by atoms with van der Waals surface area (Å²) in [6.45, 7) is 0.954. The molecule has 0 saturated heterocycles. The van der Waals surface area contributed by atoms with E-state index in [1.807, 2.05) is 0 Å². The normalized spacial score (nSPS) is 29.1. The van der Waals surface area contributed by atoms with Gasteiger partial charge in [0.25, 0.3) is 0 Å². The molecule has 28 heavy (non-hydrogen) atoms. The third-order valence-electron chi connectivity index (χ3n) is 5.57. The van der Waals surface area contributed by atoms with Gasteiger partial charge < -0.3 is 26.2 Å². The molecule has 3 atom stereocenters. The lowest BCUT2D eigenvalue weighted by molar-refractivity contribution is -0.187. The minimum atomic E-state index is -4.29. The summed E-state index contributed by atoms with van der Waals surface area (Å²) in [6.07, 6.45) is 0.315. The SMILES string of the molecule is CC1CCC1Nc1nc(N[C@H]2CC[C@H](OCC(F)(F)F)CC2)ncc1C(N)O. The van der Waals surface area contributed by atoms with E-state index in [1.165, 1.54) is 6.20 Å². The van der Waals surface area contributed by atoms with E-state index in [4.69, 9.17) is 10.5 Å². The number of halogens is 3. The summed E-state index contributed by atoms with van der Waals surface area (Å²) in [4.78, 5) is 8.71. The zero-order valence-corrected chi connectivity index (χ0v) is 15.9. The molecule has 1 heterocycles. The molecule has 0 aromatic carbocycles. The Kier molecular flexibility index (Phi) is 6.61. The monoisotopic (exact) mass is 403 g/mol. The highest BCUT2D eigenvalue weighted by Crippen LogP contribution is 2.31. The Morgan fingerprint density at radius 2 is 1.93 bits per heavy atom. The molecule has 2 fully saturated rings. The van der Waals surface area contributed by atoms with Gasteiger partial charge in [-0.2, -0.15) is 18.2 Å². The fourth-order valence-electron chi connectivity index (χ4n) is 3.62. The van der Waals surface area contributed by atoms with E-state index in [0.29, 0.717) is 55.0 Å².